The van der Waals surface area contributed by atoms with Crippen molar-refractivity contribution in [3.05, 3.63) is 87.8 Å². The SMILES string of the molecule is Cc1c(NC(=O)/C(C#N)=C/c2cc3ccccc3nc2N2CCOCC2)c(=O)n(-c2ccccc2)n1C. The van der Waals surface area contributed by atoms with Gasteiger partial charge in [0.1, 0.15) is 23.1 Å². The highest BCUT2D eigenvalue weighted by Gasteiger charge is 2.22. The van der Waals surface area contributed by atoms with Gasteiger partial charge in [0.15, 0.2) is 0 Å². The molecular formula is C28H26N6O3. The third-order valence-electron chi connectivity index (χ3n) is 6.50. The van der Waals surface area contributed by atoms with Gasteiger partial charge in [-0.3, -0.25) is 14.3 Å². The summed E-state index contributed by atoms with van der Waals surface area (Å²) in [7, 11) is 1.75. The number of hydrogen-bond donors (Lipinski definition) is 1. The lowest BCUT2D eigenvalue weighted by Crippen LogP contribution is -2.37. The Labute approximate surface area is 213 Å². The fraction of sp³-hybridized carbons (Fsp3) is 0.214. The summed E-state index contributed by atoms with van der Waals surface area (Å²) in [5.74, 6) is 0.0273. The lowest BCUT2D eigenvalue weighted by molar-refractivity contribution is -0.112. The largest absolute Gasteiger partial charge is 0.378 e. The summed E-state index contributed by atoms with van der Waals surface area (Å²) in [4.78, 5) is 33.4. The molecule has 1 saturated heterocycles. The number of rotatable bonds is 5. The smallest absolute Gasteiger partial charge is 0.295 e. The van der Waals surface area contributed by atoms with Gasteiger partial charge < -0.3 is 15.0 Å². The second-order valence-electron chi connectivity index (χ2n) is 8.75. The molecule has 1 amide bonds. The number of aromatic nitrogens is 3. The number of anilines is 2. The molecule has 1 fully saturated rings. The van der Waals surface area contributed by atoms with Crippen LogP contribution in [0.5, 0.6) is 0 Å². The molecular weight excluding hydrogens is 468 g/mol. The van der Waals surface area contributed by atoms with E-state index in [1.54, 1.807) is 18.7 Å². The van der Waals surface area contributed by atoms with E-state index < -0.39 is 5.91 Å². The van der Waals surface area contributed by atoms with Crippen LogP contribution < -0.4 is 15.8 Å². The molecule has 3 heterocycles. The zero-order valence-corrected chi connectivity index (χ0v) is 20.6. The van der Waals surface area contributed by atoms with Gasteiger partial charge in [-0.15, -0.1) is 0 Å². The van der Waals surface area contributed by atoms with Gasteiger partial charge in [-0.1, -0.05) is 36.4 Å². The van der Waals surface area contributed by atoms with Gasteiger partial charge >= 0.3 is 0 Å². The van der Waals surface area contributed by atoms with Crippen LogP contribution in [0.4, 0.5) is 11.5 Å². The minimum Gasteiger partial charge on any atom is -0.378 e. The highest BCUT2D eigenvalue weighted by Crippen LogP contribution is 2.27. The van der Waals surface area contributed by atoms with Gasteiger partial charge in [0.25, 0.3) is 11.5 Å². The fourth-order valence-electron chi connectivity index (χ4n) is 4.45. The average Bonchev–Trinajstić information content (AvgIpc) is 3.14. The molecule has 1 aliphatic rings. The van der Waals surface area contributed by atoms with Crippen LogP contribution in [0, 0.1) is 18.3 Å². The van der Waals surface area contributed by atoms with Crippen LogP contribution in [0.25, 0.3) is 22.7 Å². The Morgan fingerprint density at radius 3 is 2.54 bits per heavy atom. The van der Waals surface area contributed by atoms with E-state index in [0.29, 0.717) is 49.1 Å². The van der Waals surface area contributed by atoms with Crippen molar-refractivity contribution >= 4 is 34.4 Å². The number of carbonyl (C=O) groups excluding carboxylic acids is 1. The second-order valence-corrected chi connectivity index (χ2v) is 8.75. The zero-order chi connectivity index (χ0) is 25.9. The first-order valence-electron chi connectivity index (χ1n) is 12.0. The van der Waals surface area contributed by atoms with Crippen LogP contribution >= 0.6 is 0 Å². The van der Waals surface area contributed by atoms with Crippen molar-refractivity contribution in [2.75, 3.05) is 36.5 Å². The van der Waals surface area contributed by atoms with E-state index >= 15 is 0 Å². The quantitative estimate of drug-likeness (QED) is 0.337. The lowest BCUT2D eigenvalue weighted by Gasteiger charge is -2.29. The molecule has 0 atom stereocenters. The fourth-order valence-corrected chi connectivity index (χ4v) is 4.45. The third kappa shape index (κ3) is 4.62. The number of nitrogens with zero attached hydrogens (tertiary/aromatic N) is 5. The molecule has 2 aromatic heterocycles. The Balaban J connectivity index is 1.53. The maximum atomic E-state index is 13.2. The minimum atomic E-state index is -0.658. The van der Waals surface area contributed by atoms with E-state index in [9.17, 15) is 14.9 Å². The monoisotopic (exact) mass is 494 g/mol. The number of amides is 1. The van der Waals surface area contributed by atoms with Crippen molar-refractivity contribution in [3.8, 4) is 11.8 Å². The Kier molecular flexibility index (Phi) is 6.58. The summed E-state index contributed by atoms with van der Waals surface area (Å²) >= 11 is 0. The van der Waals surface area contributed by atoms with Crippen LogP contribution in [0.2, 0.25) is 0 Å². The van der Waals surface area contributed by atoms with Crippen LogP contribution in [-0.4, -0.2) is 46.6 Å². The van der Waals surface area contributed by atoms with Crippen molar-refractivity contribution in [2.45, 2.75) is 6.92 Å². The molecule has 37 heavy (non-hydrogen) atoms. The summed E-state index contributed by atoms with van der Waals surface area (Å²) in [6.45, 7) is 4.20. The van der Waals surface area contributed by atoms with Crippen molar-refractivity contribution in [2.24, 2.45) is 7.05 Å². The van der Waals surface area contributed by atoms with E-state index in [4.69, 9.17) is 9.72 Å². The summed E-state index contributed by atoms with van der Waals surface area (Å²) in [5.41, 5.74) is 2.35. The number of nitrogens with one attached hydrogen (secondary N) is 1. The van der Waals surface area contributed by atoms with Gasteiger partial charge in [0.05, 0.1) is 30.1 Å². The molecule has 0 spiro atoms. The van der Waals surface area contributed by atoms with Gasteiger partial charge in [0.2, 0.25) is 0 Å². The molecule has 9 nitrogen and oxygen atoms in total. The molecule has 186 valence electrons. The van der Waals surface area contributed by atoms with Crippen LogP contribution in [0.1, 0.15) is 11.3 Å². The maximum Gasteiger partial charge on any atom is 0.295 e. The molecule has 0 bridgehead atoms. The molecule has 0 unspecified atom stereocenters. The summed E-state index contributed by atoms with van der Waals surface area (Å²) < 4.78 is 8.64. The van der Waals surface area contributed by atoms with Crippen molar-refractivity contribution in [3.63, 3.8) is 0 Å². The van der Waals surface area contributed by atoms with Crippen LogP contribution in [-0.2, 0) is 16.6 Å². The number of para-hydroxylation sites is 2. The van der Waals surface area contributed by atoms with Gasteiger partial charge in [-0.05, 0) is 37.3 Å². The molecule has 0 aliphatic carbocycles. The number of hydrogen-bond acceptors (Lipinski definition) is 6. The van der Waals surface area contributed by atoms with Crippen LogP contribution in [0.15, 0.2) is 71.0 Å². The molecule has 5 rings (SSSR count). The molecule has 2 aromatic carbocycles. The van der Waals surface area contributed by atoms with E-state index in [-0.39, 0.29) is 16.8 Å². The Morgan fingerprint density at radius 1 is 1.11 bits per heavy atom. The van der Waals surface area contributed by atoms with Gasteiger partial charge in [-0.2, -0.15) is 5.26 Å². The van der Waals surface area contributed by atoms with E-state index in [0.717, 1.165) is 10.9 Å². The molecule has 4 aromatic rings. The third-order valence-corrected chi connectivity index (χ3v) is 6.50. The van der Waals surface area contributed by atoms with Crippen LogP contribution in [0.3, 0.4) is 0 Å². The Bertz CT molecular complexity index is 1600. The number of morpholine rings is 1. The number of ether oxygens (including phenoxy) is 1. The van der Waals surface area contributed by atoms with Crippen molar-refractivity contribution in [1.29, 1.82) is 5.26 Å². The Hall–Kier alpha value is -4.68. The summed E-state index contributed by atoms with van der Waals surface area (Å²) in [6.07, 6.45) is 1.54. The van der Waals surface area contributed by atoms with Crippen molar-refractivity contribution in [1.82, 2.24) is 14.3 Å². The summed E-state index contributed by atoms with van der Waals surface area (Å²) in [6, 6.07) is 20.8. The Morgan fingerprint density at radius 2 is 1.81 bits per heavy atom. The number of carbonyl (C=O) groups is 1. The highest BCUT2D eigenvalue weighted by molar-refractivity contribution is 6.10. The molecule has 0 saturated carbocycles. The topological polar surface area (TPSA) is 105 Å². The first-order valence-corrected chi connectivity index (χ1v) is 12.0. The maximum absolute atomic E-state index is 13.2. The van der Waals surface area contributed by atoms with Crippen molar-refractivity contribution < 1.29 is 9.53 Å². The molecule has 1 aliphatic heterocycles. The first-order chi connectivity index (χ1) is 18.0. The predicted octanol–water partition coefficient (Wildman–Crippen LogP) is 3.41. The van der Waals surface area contributed by atoms with E-state index in [1.165, 1.54) is 10.8 Å². The number of pyridine rings is 1. The van der Waals surface area contributed by atoms with E-state index in [2.05, 4.69) is 10.2 Å². The van der Waals surface area contributed by atoms with Gasteiger partial charge in [0, 0.05) is 31.1 Å². The first kappa shape index (κ1) is 24.0. The predicted molar refractivity (Wildman–Crippen MR) is 143 cm³/mol. The normalized spacial score (nSPS) is 14.0. The average molecular weight is 495 g/mol. The molecule has 1 N–H and O–H groups in total. The second kappa shape index (κ2) is 10.1. The highest BCUT2D eigenvalue weighted by atomic mass is 16.5. The number of nitriles is 1. The molecule has 9 heteroatoms. The number of fused-ring (bicyclic) bond motifs is 1. The standard InChI is InChI=1S/C28H26N6O3/c1-19-25(28(36)34(32(19)2)23-9-4-3-5-10-23)31-27(35)22(18-29)17-21-16-20-8-6-7-11-24(20)30-26(21)33-12-14-37-15-13-33/h3-11,16-17H,12-15H2,1-2H3,(H,31,35)/b22-17+. The zero-order valence-electron chi connectivity index (χ0n) is 20.6. The minimum absolute atomic E-state index is 0.125. The number of benzene rings is 2. The lowest BCUT2D eigenvalue weighted by atomic mass is 10.1. The van der Waals surface area contributed by atoms with Gasteiger partial charge in [-0.25, -0.2) is 9.67 Å². The van der Waals surface area contributed by atoms with E-state index in [1.807, 2.05) is 66.7 Å². The molecule has 0 radical (unpaired) electrons. The summed E-state index contributed by atoms with van der Waals surface area (Å²) in [5, 5.41) is 13.5.